The van der Waals surface area contributed by atoms with E-state index in [9.17, 15) is 13.0 Å². The second kappa shape index (κ2) is 6.83. The van der Waals surface area contributed by atoms with E-state index in [0.29, 0.717) is 25.7 Å². The van der Waals surface area contributed by atoms with E-state index in [2.05, 4.69) is 0 Å². The van der Waals surface area contributed by atoms with Gasteiger partial charge in [-0.05, 0) is 38.8 Å². The normalized spacial score (nSPS) is 18.5. The van der Waals surface area contributed by atoms with Crippen molar-refractivity contribution in [2.45, 2.75) is 48.9 Å². The Hall–Kier alpha value is -0.680. The standard InChI is InChI=1S/C15H23O5PS/c1-3-19-21(16,20-4-2)15(12-8-9-13-15)22(17,18)14-10-6-5-7-11-14/h5-7,10-11H,3-4,8-9,12-13H2,1-2H3. The predicted molar refractivity (Wildman–Crippen MR) is 85.7 cm³/mol. The van der Waals surface area contributed by atoms with Gasteiger partial charge in [-0.2, -0.15) is 0 Å². The fraction of sp³-hybridized carbons (Fsp3) is 0.600. The molecule has 1 aliphatic carbocycles. The number of benzene rings is 1. The van der Waals surface area contributed by atoms with Crippen LogP contribution in [0.2, 0.25) is 0 Å². The van der Waals surface area contributed by atoms with Gasteiger partial charge in [0.05, 0.1) is 18.1 Å². The van der Waals surface area contributed by atoms with Crippen molar-refractivity contribution < 1.29 is 22.0 Å². The van der Waals surface area contributed by atoms with Crippen LogP contribution in [-0.2, 0) is 23.4 Å². The van der Waals surface area contributed by atoms with Gasteiger partial charge in [0.25, 0.3) is 0 Å². The molecule has 7 heteroatoms. The van der Waals surface area contributed by atoms with Crippen LogP contribution in [0.4, 0.5) is 0 Å². The van der Waals surface area contributed by atoms with Crippen LogP contribution in [0.15, 0.2) is 35.2 Å². The van der Waals surface area contributed by atoms with Crippen molar-refractivity contribution in [2.75, 3.05) is 13.2 Å². The molecule has 1 aliphatic rings. The molecule has 1 fully saturated rings. The number of rotatable bonds is 7. The number of hydrogen-bond donors (Lipinski definition) is 0. The molecule has 0 amide bonds. The van der Waals surface area contributed by atoms with Gasteiger partial charge >= 0.3 is 7.60 Å². The van der Waals surface area contributed by atoms with Crippen LogP contribution in [0.5, 0.6) is 0 Å². The Morgan fingerprint density at radius 2 is 1.55 bits per heavy atom. The number of hydrogen-bond acceptors (Lipinski definition) is 5. The summed E-state index contributed by atoms with van der Waals surface area (Å²) in [5.74, 6) is 0. The van der Waals surface area contributed by atoms with Gasteiger partial charge in [0, 0.05) is 0 Å². The van der Waals surface area contributed by atoms with Crippen LogP contribution in [0.3, 0.4) is 0 Å². The minimum Gasteiger partial charge on any atom is -0.308 e. The monoisotopic (exact) mass is 346 g/mol. The summed E-state index contributed by atoms with van der Waals surface area (Å²) in [6.45, 7) is 3.71. The van der Waals surface area contributed by atoms with Gasteiger partial charge < -0.3 is 9.05 Å². The molecule has 0 radical (unpaired) electrons. The summed E-state index contributed by atoms with van der Waals surface area (Å²) in [5, 5.41) is 0. The zero-order chi connectivity index (χ0) is 16.3. The first-order valence-electron chi connectivity index (χ1n) is 7.62. The lowest BCUT2D eigenvalue weighted by atomic mass is 10.3. The van der Waals surface area contributed by atoms with Gasteiger partial charge in [-0.15, -0.1) is 0 Å². The molecular formula is C15H23O5PS. The third-order valence-corrected chi connectivity index (χ3v) is 10.4. The fourth-order valence-electron chi connectivity index (χ4n) is 3.05. The molecule has 0 atom stereocenters. The zero-order valence-electron chi connectivity index (χ0n) is 13.0. The Morgan fingerprint density at radius 3 is 2.00 bits per heavy atom. The van der Waals surface area contributed by atoms with Crippen molar-refractivity contribution >= 4 is 17.4 Å². The summed E-state index contributed by atoms with van der Waals surface area (Å²) in [6, 6.07) is 8.17. The average Bonchev–Trinajstić information content (AvgIpc) is 3.00. The topological polar surface area (TPSA) is 69.7 Å². The second-order valence-electron chi connectivity index (χ2n) is 5.30. The Kier molecular flexibility index (Phi) is 5.49. The van der Waals surface area contributed by atoms with Crippen LogP contribution in [0, 0.1) is 0 Å². The second-order valence-corrected chi connectivity index (χ2v) is 10.2. The molecule has 5 nitrogen and oxygen atoms in total. The quantitative estimate of drug-likeness (QED) is 0.698. The van der Waals surface area contributed by atoms with E-state index >= 15 is 0 Å². The third kappa shape index (κ3) is 2.78. The van der Waals surface area contributed by atoms with Gasteiger partial charge in [0.2, 0.25) is 0 Å². The lowest BCUT2D eigenvalue weighted by molar-refractivity contribution is 0.207. The molecule has 0 heterocycles. The summed E-state index contributed by atoms with van der Waals surface area (Å²) in [6.07, 6.45) is 2.02. The van der Waals surface area contributed by atoms with Crippen molar-refractivity contribution in [3.63, 3.8) is 0 Å². The van der Waals surface area contributed by atoms with E-state index < -0.39 is 21.9 Å². The Morgan fingerprint density at radius 1 is 1.05 bits per heavy atom. The summed E-state index contributed by atoms with van der Waals surface area (Å²) in [5.41, 5.74) is 0. The van der Waals surface area contributed by atoms with Gasteiger partial charge in [0.15, 0.2) is 14.3 Å². The molecular weight excluding hydrogens is 323 g/mol. The minimum absolute atomic E-state index is 0.156. The zero-order valence-corrected chi connectivity index (χ0v) is 14.7. The van der Waals surface area contributed by atoms with Gasteiger partial charge in [-0.25, -0.2) is 8.42 Å². The van der Waals surface area contributed by atoms with E-state index in [-0.39, 0.29) is 18.1 Å². The molecule has 0 aromatic heterocycles. The highest BCUT2D eigenvalue weighted by Gasteiger charge is 2.61. The van der Waals surface area contributed by atoms with E-state index in [1.807, 2.05) is 0 Å². The highest BCUT2D eigenvalue weighted by atomic mass is 32.2. The lowest BCUT2D eigenvalue weighted by Crippen LogP contribution is -2.37. The summed E-state index contributed by atoms with van der Waals surface area (Å²) >= 11 is 0. The molecule has 1 aromatic rings. The van der Waals surface area contributed by atoms with Crippen molar-refractivity contribution in [1.29, 1.82) is 0 Å². The van der Waals surface area contributed by atoms with Crippen LogP contribution in [0.1, 0.15) is 39.5 Å². The van der Waals surface area contributed by atoms with E-state index in [0.717, 1.165) is 0 Å². The van der Waals surface area contributed by atoms with Crippen LogP contribution < -0.4 is 0 Å². The summed E-state index contributed by atoms with van der Waals surface area (Å²) in [4.78, 5) is 0.177. The Labute approximate surface area is 132 Å². The first-order chi connectivity index (χ1) is 10.4. The molecule has 1 saturated carbocycles. The molecule has 0 spiro atoms. The fourth-order valence-corrected chi connectivity index (χ4v) is 8.73. The lowest BCUT2D eigenvalue weighted by Gasteiger charge is -2.35. The summed E-state index contributed by atoms with van der Waals surface area (Å²) in [7, 11) is -7.59. The molecule has 22 heavy (non-hydrogen) atoms. The maximum absolute atomic E-state index is 13.3. The highest BCUT2D eigenvalue weighted by Crippen LogP contribution is 2.69. The first-order valence-corrected chi connectivity index (χ1v) is 10.6. The maximum Gasteiger partial charge on any atom is 0.352 e. The van der Waals surface area contributed by atoms with Crippen molar-refractivity contribution in [3.8, 4) is 0 Å². The van der Waals surface area contributed by atoms with Crippen molar-refractivity contribution in [3.05, 3.63) is 30.3 Å². The van der Waals surface area contributed by atoms with Crippen LogP contribution in [0.25, 0.3) is 0 Å². The smallest absolute Gasteiger partial charge is 0.308 e. The molecule has 2 rings (SSSR count). The van der Waals surface area contributed by atoms with E-state index in [1.54, 1.807) is 32.0 Å². The molecule has 0 aliphatic heterocycles. The van der Waals surface area contributed by atoms with Crippen LogP contribution in [-0.4, -0.2) is 26.1 Å². The SMILES string of the molecule is CCOP(=O)(OCC)C1(S(=O)(=O)c2ccccc2)CCCC1. The van der Waals surface area contributed by atoms with Crippen molar-refractivity contribution in [2.24, 2.45) is 0 Å². The highest BCUT2D eigenvalue weighted by molar-refractivity contribution is 7.99. The third-order valence-electron chi connectivity index (χ3n) is 4.04. The summed E-state index contributed by atoms with van der Waals surface area (Å²) < 4.78 is 49.1. The molecule has 0 saturated heterocycles. The van der Waals surface area contributed by atoms with Crippen LogP contribution >= 0.6 is 7.60 Å². The maximum atomic E-state index is 13.3. The van der Waals surface area contributed by atoms with Gasteiger partial charge in [-0.1, -0.05) is 31.0 Å². The predicted octanol–water partition coefficient (Wildman–Crippen LogP) is 4.00. The average molecular weight is 346 g/mol. The Bertz CT molecular complexity index is 625. The molecule has 124 valence electrons. The van der Waals surface area contributed by atoms with Gasteiger partial charge in [-0.3, -0.25) is 4.57 Å². The van der Waals surface area contributed by atoms with E-state index in [4.69, 9.17) is 9.05 Å². The molecule has 1 aromatic carbocycles. The minimum atomic E-state index is -3.82. The van der Waals surface area contributed by atoms with E-state index in [1.165, 1.54) is 12.1 Å². The van der Waals surface area contributed by atoms with Gasteiger partial charge in [0.1, 0.15) is 0 Å². The number of sulfone groups is 1. The molecule has 0 unspecified atom stereocenters. The Balaban J connectivity index is 2.60. The molecule has 0 bridgehead atoms. The first kappa shape index (κ1) is 17.7. The molecule has 0 N–H and O–H groups in total. The van der Waals surface area contributed by atoms with Crippen molar-refractivity contribution in [1.82, 2.24) is 0 Å². The largest absolute Gasteiger partial charge is 0.352 e.